The smallest absolute Gasteiger partial charge is 0.315 e. The fraction of sp³-hybridized carbons (Fsp3) is 0.650. The van der Waals surface area contributed by atoms with Crippen molar-refractivity contribution in [3.8, 4) is 5.75 Å². The minimum Gasteiger partial charge on any atom is -0.497 e. The third kappa shape index (κ3) is 7.34. The van der Waals surface area contributed by atoms with Crippen LogP contribution < -0.4 is 15.4 Å². The summed E-state index contributed by atoms with van der Waals surface area (Å²) in [5.41, 5.74) is 1.03. The van der Waals surface area contributed by atoms with E-state index in [1.807, 2.05) is 24.3 Å². The van der Waals surface area contributed by atoms with E-state index in [0.29, 0.717) is 6.54 Å². The summed E-state index contributed by atoms with van der Waals surface area (Å²) < 4.78 is 5.18. The average molecular weight is 348 g/mol. The Labute approximate surface area is 152 Å². The number of methoxy groups -OCH3 is 1. The number of hydrogen-bond acceptors (Lipinski definition) is 3. The Morgan fingerprint density at radius 3 is 2.68 bits per heavy atom. The van der Waals surface area contributed by atoms with Gasteiger partial charge in [0.15, 0.2) is 0 Å². The molecule has 1 saturated heterocycles. The number of carbonyl (C=O) groups is 1. The number of ether oxygens (including phenoxy) is 1. The third-order valence-corrected chi connectivity index (χ3v) is 4.72. The Hall–Kier alpha value is -1.75. The van der Waals surface area contributed by atoms with E-state index in [1.165, 1.54) is 19.5 Å². The van der Waals surface area contributed by atoms with E-state index in [2.05, 4.69) is 29.4 Å². The van der Waals surface area contributed by atoms with E-state index in [9.17, 15) is 4.79 Å². The van der Waals surface area contributed by atoms with Crippen molar-refractivity contribution in [2.24, 2.45) is 11.8 Å². The van der Waals surface area contributed by atoms with Crippen LogP contribution in [0.3, 0.4) is 0 Å². The summed E-state index contributed by atoms with van der Waals surface area (Å²) in [4.78, 5) is 14.4. The van der Waals surface area contributed by atoms with Crippen LogP contribution in [0.4, 0.5) is 4.79 Å². The van der Waals surface area contributed by atoms with E-state index in [4.69, 9.17) is 4.74 Å². The van der Waals surface area contributed by atoms with Crippen molar-refractivity contribution < 1.29 is 9.53 Å². The number of amides is 2. The van der Waals surface area contributed by atoms with Gasteiger partial charge in [0.25, 0.3) is 0 Å². The molecule has 0 aliphatic carbocycles. The Morgan fingerprint density at radius 2 is 1.96 bits per heavy atom. The van der Waals surface area contributed by atoms with Gasteiger partial charge in [-0.2, -0.15) is 0 Å². The van der Waals surface area contributed by atoms with Gasteiger partial charge < -0.3 is 20.3 Å². The second-order valence-electron chi connectivity index (χ2n) is 7.37. The van der Waals surface area contributed by atoms with Gasteiger partial charge in [-0.1, -0.05) is 26.0 Å². The summed E-state index contributed by atoms with van der Waals surface area (Å²) in [7, 11) is 1.64. The highest BCUT2D eigenvalue weighted by Gasteiger charge is 2.20. The molecule has 1 aromatic carbocycles. The lowest BCUT2D eigenvalue weighted by molar-refractivity contribution is 0.139. The lowest BCUT2D eigenvalue weighted by atomic mass is 9.92. The number of benzene rings is 1. The molecule has 1 aromatic rings. The Morgan fingerprint density at radius 1 is 1.20 bits per heavy atom. The normalized spacial score (nSPS) is 20.9. The average Bonchev–Trinajstić information content (AvgIpc) is 2.59. The van der Waals surface area contributed by atoms with Crippen molar-refractivity contribution in [3.05, 3.63) is 29.8 Å². The van der Waals surface area contributed by atoms with Crippen molar-refractivity contribution in [2.75, 3.05) is 33.3 Å². The zero-order valence-corrected chi connectivity index (χ0v) is 15.9. The molecular formula is C20H33N3O2. The van der Waals surface area contributed by atoms with Crippen molar-refractivity contribution in [1.82, 2.24) is 15.5 Å². The van der Waals surface area contributed by atoms with Crippen molar-refractivity contribution >= 4 is 6.03 Å². The number of rotatable bonds is 8. The van der Waals surface area contributed by atoms with E-state index < -0.39 is 0 Å². The minimum atomic E-state index is -0.108. The molecule has 1 aliphatic rings. The maximum atomic E-state index is 11.9. The number of nitrogens with zero attached hydrogens (tertiary/aromatic N) is 1. The molecule has 140 valence electrons. The summed E-state index contributed by atoms with van der Waals surface area (Å²) in [6.45, 7) is 9.50. The molecule has 25 heavy (non-hydrogen) atoms. The molecule has 0 radical (unpaired) electrons. The molecule has 0 saturated carbocycles. The van der Waals surface area contributed by atoms with Gasteiger partial charge >= 0.3 is 6.03 Å². The molecule has 0 unspecified atom stereocenters. The number of carbonyl (C=O) groups excluding carboxylic acids is 1. The van der Waals surface area contributed by atoms with Crippen LogP contribution in [0.1, 0.15) is 38.7 Å². The summed E-state index contributed by atoms with van der Waals surface area (Å²) >= 11 is 0. The number of nitrogens with one attached hydrogen (secondary N) is 2. The Kier molecular flexibility index (Phi) is 8.06. The molecule has 2 atom stereocenters. The fourth-order valence-corrected chi connectivity index (χ4v) is 3.66. The largest absolute Gasteiger partial charge is 0.497 e. The first-order chi connectivity index (χ1) is 12.1. The van der Waals surface area contributed by atoms with Crippen LogP contribution >= 0.6 is 0 Å². The third-order valence-electron chi connectivity index (χ3n) is 4.72. The van der Waals surface area contributed by atoms with Crippen LogP contribution in [0.25, 0.3) is 0 Å². The molecule has 2 rings (SSSR count). The molecule has 5 nitrogen and oxygen atoms in total. The molecule has 1 fully saturated rings. The van der Waals surface area contributed by atoms with Gasteiger partial charge in [0, 0.05) is 26.2 Å². The van der Waals surface area contributed by atoms with Gasteiger partial charge in [-0.25, -0.2) is 4.79 Å². The summed E-state index contributed by atoms with van der Waals surface area (Å²) in [6, 6.07) is 7.62. The molecule has 0 aromatic heterocycles. The number of unbranched alkanes of at least 4 members (excludes halogenated alkanes) is 1. The maximum Gasteiger partial charge on any atom is 0.315 e. The first kappa shape index (κ1) is 19.6. The lowest BCUT2D eigenvalue weighted by Gasteiger charge is -2.34. The Balaban J connectivity index is 1.55. The molecule has 1 aliphatic heterocycles. The van der Waals surface area contributed by atoms with Crippen molar-refractivity contribution in [3.63, 3.8) is 0 Å². The minimum absolute atomic E-state index is 0.108. The number of urea groups is 1. The number of likely N-dealkylation sites (tertiary alicyclic amines) is 1. The van der Waals surface area contributed by atoms with Crippen LogP contribution in [0.15, 0.2) is 24.3 Å². The van der Waals surface area contributed by atoms with Crippen LogP contribution in [0.5, 0.6) is 5.75 Å². The van der Waals surface area contributed by atoms with Gasteiger partial charge in [-0.3, -0.25) is 0 Å². The number of piperidine rings is 1. The van der Waals surface area contributed by atoms with Gasteiger partial charge in [0.2, 0.25) is 0 Å². The quantitative estimate of drug-likeness (QED) is 0.710. The Bertz CT molecular complexity index is 525. The van der Waals surface area contributed by atoms with Crippen LogP contribution in [-0.4, -0.2) is 44.2 Å². The second kappa shape index (κ2) is 10.3. The van der Waals surface area contributed by atoms with Gasteiger partial charge in [-0.15, -0.1) is 0 Å². The van der Waals surface area contributed by atoms with Crippen LogP contribution in [-0.2, 0) is 6.54 Å². The highest BCUT2D eigenvalue weighted by atomic mass is 16.5. The molecular weight excluding hydrogens is 314 g/mol. The highest BCUT2D eigenvalue weighted by Crippen LogP contribution is 2.20. The van der Waals surface area contributed by atoms with Gasteiger partial charge in [-0.05, 0) is 55.3 Å². The molecule has 0 spiro atoms. The summed E-state index contributed by atoms with van der Waals surface area (Å²) in [5, 5.41) is 5.82. The summed E-state index contributed by atoms with van der Waals surface area (Å²) in [6.07, 6.45) is 3.51. The first-order valence-electron chi connectivity index (χ1n) is 9.43. The van der Waals surface area contributed by atoms with Crippen LogP contribution in [0, 0.1) is 11.8 Å². The van der Waals surface area contributed by atoms with Crippen LogP contribution in [0.2, 0.25) is 0 Å². The second-order valence-corrected chi connectivity index (χ2v) is 7.37. The topological polar surface area (TPSA) is 53.6 Å². The zero-order chi connectivity index (χ0) is 18.1. The SMILES string of the molecule is COc1cccc(CNC(=O)NCCCCN2C[C@H](C)C[C@H](C)C2)c1. The molecule has 2 N–H and O–H groups in total. The predicted octanol–water partition coefficient (Wildman–Crippen LogP) is 3.25. The zero-order valence-electron chi connectivity index (χ0n) is 15.9. The van der Waals surface area contributed by atoms with Gasteiger partial charge in [0.05, 0.1) is 7.11 Å². The lowest BCUT2D eigenvalue weighted by Crippen LogP contribution is -2.39. The molecule has 5 heteroatoms. The van der Waals surface area contributed by atoms with E-state index in [1.54, 1.807) is 7.11 Å². The van der Waals surface area contributed by atoms with Crippen molar-refractivity contribution in [1.29, 1.82) is 0 Å². The predicted molar refractivity (Wildman–Crippen MR) is 102 cm³/mol. The molecule has 1 heterocycles. The van der Waals surface area contributed by atoms with E-state index in [-0.39, 0.29) is 6.03 Å². The monoisotopic (exact) mass is 347 g/mol. The fourth-order valence-electron chi connectivity index (χ4n) is 3.66. The molecule has 2 amide bonds. The standard InChI is InChI=1S/C20H33N3O2/c1-16-11-17(2)15-23(14-16)10-5-4-9-21-20(24)22-13-18-7-6-8-19(12-18)25-3/h6-8,12,16-17H,4-5,9-11,13-15H2,1-3H3,(H2,21,22,24)/t16-,17+. The first-order valence-corrected chi connectivity index (χ1v) is 9.43. The van der Waals surface area contributed by atoms with Crippen molar-refractivity contribution in [2.45, 2.75) is 39.7 Å². The maximum absolute atomic E-state index is 11.9. The van der Waals surface area contributed by atoms with Gasteiger partial charge in [0.1, 0.15) is 5.75 Å². The molecule has 0 bridgehead atoms. The highest BCUT2D eigenvalue weighted by molar-refractivity contribution is 5.73. The summed E-state index contributed by atoms with van der Waals surface area (Å²) in [5.74, 6) is 2.43. The van der Waals surface area contributed by atoms with E-state index in [0.717, 1.165) is 49.1 Å². The van der Waals surface area contributed by atoms with E-state index >= 15 is 0 Å². The number of hydrogen-bond donors (Lipinski definition) is 2.